The molecule has 4 atom stereocenters. The van der Waals surface area contributed by atoms with Gasteiger partial charge >= 0.3 is 11.9 Å². The van der Waals surface area contributed by atoms with Crippen LogP contribution in [0.1, 0.15) is 47.0 Å². The van der Waals surface area contributed by atoms with Crippen LogP contribution in [0.4, 0.5) is 0 Å². The van der Waals surface area contributed by atoms with Gasteiger partial charge in [0.1, 0.15) is 0 Å². The lowest BCUT2D eigenvalue weighted by molar-refractivity contribution is -0.151. The topological polar surface area (TPSA) is 81.7 Å². The highest BCUT2D eigenvalue weighted by Crippen LogP contribution is 2.29. The molecule has 0 saturated heterocycles. The van der Waals surface area contributed by atoms with Gasteiger partial charge in [-0.3, -0.25) is 4.79 Å². The molecule has 1 fully saturated rings. The van der Waals surface area contributed by atoms with E-state index in [0.29, 0.717) is 11.8 Å². The third-order valence-electron chi connectivity index (χ3n) is 4.34. The van der Waals surface area contributed by atoms with Crippen LogP contribution in [0.2, 0.25) is 0 Å². The van der Waals surface area contributed by atoms with Gasteiger partial charge in [0, 0.05) is 18.2 Å². The van der Waals surface area contributed by atoms with Gasteiger partial charge in [0.05, 0.1) is 6.61 Å². The number of nitrogens with one attached hydrogen (secondary N) is 1. The highest BCUT2D eigenvalue weighted by Gasteiger charge is 2.29. The summed E-state index contributed by atoms with van der Waals surface area (Å²) in [6.07, 6.45) is 4.26. The second kappa shape index (κ2) is 9.33. The average molecular weight is 325 g/mol. The van der Waals surface area contributed by atoms with E-state index in [0.717, 1.165) is 25.0 Å². The van der Waals surface area contributed by atoms with Gasteiger partial charge in [-0.15, -0.1) is 0 Å². The van der Waals surface area contributed by atoms with Crippen molar-refractivity contribution in [2.24, 2.45) is 11.8 Å². The monoisotopic (exact) mass is 325 g/mol. The van der Waals surface area contributed by atoms with Crippen LogP contribution < -0.4 is 5.32 Å². The molecule has 6 nitrogen and oxygen atoms in total. The number of ether oxygens (including phenoxy) is 2. The molecule has 1 amide bonds. The number of carbonyl (C=O) groups excluding carboxylic acids is 3. The molecule has 0 unspecified atom stereocenters. The summed E-state index contributed by atoms with van der Waals surface area (Å²) in [4.78, 5) is 34.8. The van der Waals surface area contributed by atoms with Gasteiger partial charge in [0.15, 0.2) is 6.10 Å². The molecule has 1 rings (SSSR count). The fraction of sp³-hybridized carbons (Fsp3) is 0.706. The summed E-state index contributed by atoms with van der Waals surface area (Å²) >= 11 is 0. The number of carbonyl (C=O) groups is 3. The standard InChI is InChI=1S/C17H27NO5/c1-5-22-15(19)9-10-16(20)23-13(4)17(21)18-14-8-6-7-11(2)12(14)3/h9-14H,5-8H2,1-4H3,(H,18,21)/b10-9+/t11-,12-,13+,14+/m0/s1. The first-order valence-electron chi connectivity index (χ1n) is 8.21. The minimum absolute atomic E-state index is 0.113. The Kier molecular flexibility index (Phi) is 7.78. The van der Waals surface area contributed by atoms with E-state index < -0.39 is 18.0 Å². The molecule has 0 aromatic carbocycles. The van der Waals surface area contributed by atoms with Crippen LogP contribution in [0, 0.1) is 11.8 Å². The summed E-state index contributed by atoms with van der Waals surface area (Å²) in [5, 5.41) is 2.96. The summed E-state index contributed by atoms with van der Waals surface area (Å²) in [6, 6.07) is 0.113. The molecule has 23 heavy (non-hydrogen) atoms. The van der Waals surface area contributed by atoms with E-state index in [1.54, 1.807) is 6.92 Å². The van der Waals surface area contributed by atoms with E-state index >= 15 is 0 Å². The van der Waals surface area contributed by atoms with E-state index in [4.69, 9.17) is 4.74 Å². The zero-order valence-corrected chi connectivity index (χ0v) is 14.3. The Bertz CT molecular complexity index is 460. The van der Waals surface area contributed by atoms with Crippen molar-refractivity contribution in [1.82, 2.24) is 5.32 Å². The molecule has 1 saturated carbocycles. The second-order valence-electron chi connectivity index (χ2n) is 6.05. The van der Waals surface area contributed by atoms with Crippen LogP contribution in [-0.2, 0) is 23.9 Å². The van der Waals surface area contributed by atoms with E-state index in [2.05, 4.69) is 23.9 Å². The largest absolute Gasteiger partial charge is 0.463 e. The Morgan fingerprint density at radius 3 is 2.48 bits per heavy atom. The summed E-state index contributed by atoms with van der Waals surface area (Å²) in [7, 11) is 0. The lowest BCUT2D eigenvalue weighted by Crippen LogP contribution is -2.47. The predicted octanol–water partition coefficient (Wildman–Crippen LogP) is 1.98. The maximum atomic E-state index is 12.1. The van der Waals surface area contributed by atoms with Gasteiger partial charge in [-0.2, -0.15) is 0 Å². The third-order valence-corrected chi connectivity index (χ3v) is 4.34. The minimum atomic E-state index is -0.904. The molecular formula is C17H27NO5. The van der Waals surface area contributed by atoms with Crippen LogP contribution in [0.25, 0.3) is 0 Å². The number of esters is 2. The van der Waals surface area contributed by atoms with E-state index in [1.165, 1.54) is 13.3 Å². The fourth-order valence-electron chi connectivity index (χ4n) is 2.68. The lowest BCUT2D eigenvalue weighted by atomic mass is 9.78. The van der Waals surface area contributed by atoms with Crippen molar-refractivity contribution in [3.63, 3.8) is 0 Å². The molecule has 0 bridgehead atoms. The Morgan fingerprint density at radius 1 is 1.17 bits per heavy atom. The lowest BCUT2D eigenvalue weighted by Gasteiger charge is -2.35. The van der Waals surface area contributed by atoms with Crippen LogP contribution in [0.15, 0.2) is 12.2 Å². The maximum Gasteiger partial charge on any atom is 0.331 e. The van der Waals surface area contributed by atoms with Crippen LogP contribution in [0.3, 0.4) is 0 Å². The molecule has 1 N–H and O–H groups in total. The van der Waals surface area contributed by atoms with Crippen molar-refractivity contribution >= 4 is 17.8 Å². The van der Waals surface area contributed by atoms with Crippen molar-refractivity contribution in [1.29, 1.82) is 0 Å². The van der Waals surface area contributed by atoms with Crippen molar-refractivity contribution in [3.8, 4) is 0 Å². The molecule has 0 spiro atoms. The van der Waals surface area contributed by atoms with Crippen LogP contribution in [-0.4, -0.2) is 36.6 Å². The first kappa shape index (κ1) is 19.2. The zero-order valence-electron chi connectivity index (χ0n) is 14.3. The zero-order chi connectivity index (χ0) is 17.4. The van der Waals surface area contributed by atoms with Crippen molar-refractivity contribution in [2.75, 3.05) is 6.61 Å². The molecule has 0 aliphatic heterocycles. The first-order chi connectivity index (χ1) is 10.8. The SMILES string of the molecule is CCOC(=O)/C=C/C(=O)O[C@H](C)C(=O)N[C@@H]1CCC[C@H](C)[C@@H]1C. The van der Waals surface area contributed by atoms with Gasteiger partial charge in [0.2, 0.25) is 0 Å². The molecule has 1 aliphatic carbocycles. The Labute approximate surface area is 137 Å². The Morgan fingerprint density at radius 2 is 1.83 bits per heavy atom. The van der Waals surface area contributed by atoms with Crippen molar-refractivity contribution in [2.45, 2.75) is 59.1 Å². The normalized spacial score (nSPS) is 25.7. The summed E-state index contributed by atoms with van der Waals surface area (Å²) in [6.45, 7) is 7.74. The van der Waals surface area contributed by atoms with E-state index in [9.17, 15) is 14.4 Å². The van der Waals surface area contributed by atoms with Crippen molar-refractivity contribution in [3.05, 3.63) is 12.2 Å². The number of hydrogen-bond acceptors (Lipinski definition) is 5. The molecule has 0 aromatic rings. The van der Waals surface area contributed by atoms with Gasteiger partial charge in [-0.25, -0.2) is 9.59 Å². The molecule has 0 radical (unpaired) electrons. The van der Waals surface area contributed by atoms with Crippen LogP contribution in [0.5, 0.6) is 0 Å². The van der Waals surface area contributed by atoms with Gasteiger partial charge in [0.25, 0.3) is 5.91 Å². The molecule has 6 heteroatoms. The molecular weight excluding hydrogens is 298 g/mol. The average Bonchev–Trinajstić information content (AvgIpc) is 2.50. The predicted molar refractivity (Wildman–Crippen MR) is 85.4 cm³/mol. The minimum Gasteiger partial charge on any atom is -0.463 e. The van der Waals surface area contributed by atoms with Gasteiger partial charge < -0.3 is 14.8 Å². The van der Waals surface area contributed by atoms with Crippen LogP contribution >= 0.6 is 0 Å². The third kappa shape index (κ3) is 6.42. The summed E-state index contributed by atoms with van der Waals surface area (Å²) in [5.41, 5.74) is 0. The second-order valence-corrected chi connectivity index (χ2v) is 6.05. The van der Waals surface area contributed by atoms with Gasteiger partial charge in [-0.1, -0.05) is 26.7 Å². The quantitative estimate of drug-likeness (QED) is 0.596. The molecule has 130 valence electrons. The summed E-state index contributed by atoms with van der Waals surface area (Å²) < 4.78 is 9.65. The number of amides is 1. The number of rotatable bonds is 6. The first-order valence-corrected chi connectivity index (χ1v) is 8.21. The Balaban J connectivity index is 2.44. The molecule has 0 aromatic heterocycles. The fourth-order valence-corrected chi connectivity index (χ4v) is 2.68. The van der Waals surface area contributed by atoms with Gasteiger partial charge in [-0.05, 0) is 32.1 Å². The smallest absolute Gasteiger partial charge is 0.331 e. The molecule has 1 aliphatic rings. The molecule has 0 heterocycles. The number of hydrogen-bond donors (Lipinski definition) is 1. The Hall–Kier alpha value is -1.85. The summed E-state index contributed by atoms with van der Waals surface area (Å²) in [5.74, 6) is -0.704. The maximum absolute atomic E-state index is 12.1. The van der Waals surface area contributed by atoms with E-state index in [-0.39, 0.29) is 18.6 Å². The highest BCUT2D eigenvalue weighted by atomic mass is 16.5. The van der Waals surface area contributed by atoms with E-state index in [1.807, 2.05) is 0 Å². The van der Waals surface area contributed by atoms with Crippen molar-refractivity contribution < 1.29 is 23.9 Å². The highest BCUT2D eigenvalue weighted by molar-refractivity contribution is 5.93.